The molecule has 14 heteroatoms. The molecule has 0 bridgehead atoms. The van der Waals surface area contributed by atoms with Gasteiger partial charge in [0, 0.05) is 96.9 Å². The van der Waals surface area contributed by atoms with Gasteiger partial charge in [0.25, 0.3) is 5.56 Å². The highest BCUT2D eigenvalue weighted by Gasteiger charge is 2.22. The number of carbonyl (C=O) groups is 2. The molecule has 11 nitrogen and oxygen atoms in total. The minimum Gasteiger partial charge on any atom is -0.481 e. The Morgan fingerprint density at radius 2 is 1.50 bits per heavy atom. The van der Waals surface area contributed by atoms with Crippen molar-refractivity contribution in [1.29, 1.82) is 0 Å². The third-order valence-corrected chi connectivity index (χ3v) is 10.2. The van der Waals surface area contributed by atoms with Crippen molar-refractivity contribution in [3.05, 3.63) is 104 Å². The van der Waals surface area contributed by atoms with Gasteiger partial charge >= 0.3 is 0 Å². The van der Waals surface area contributed by atoms with Crippen LogP contribution in [0.3, 0.4) is 0 Å². The van der Waals surface area contributed by atoms with Gasteiger partial charge < -0.3 is 26.0 Å². The van der Waals surface area contributed by atoms with Gasteiger partial charge in [-0.2, -0.15) is 0 Å². The molecule has 7 rings (SSSR count). The van der Waals surface area contributed by atoms with Gasteiger partial charge in [0.05, 0.1) is 22.8 Å². The summed E-state index contributed by atoms with van der Waals surface area (Å²) >= 11 is 14.0. The second-order valence-corrected chi connectivity index (χ2v) is 13.7. The molecule has 4 N–H and O–H groups in total. The van der Waals surface area contributed by atoms with E-state index in [4.69, 9.17) is 27.9 Å². The number of carbonyl (C=O) groups excluding carboxylic acids is 2. The van der Waals surface area contributed by atoms with E-state index in [0.717, 1.165) is 18.4 Å². The fraction of sp³-hybridized carbons (Fsp3) is 0.289. The third kappa shape index (κ3) is 7.51. The molecule has 2 amide bonds. The number of hydrogen-bond donors (Lipinski definition) is 4. The second-order valence-electron chi connectivity index (χ2n) is 12.9. The Kier molecular flexibility index (Phi) is 10.5. The summed E-state index contributed by atoms with van der Waals surface area (Å²) in [5.41, 5.74) is 4.59. The maximum Gasteiger partial charge on any atom is 0.262 e. The molecule has 0 radical (unpaired) electrons. The lowest BCUT2D eigenvalue weighted by atomic mass is 9.96. The molecular formula is C38H36Cl2FN7O4. The van der Waals surface area contributed by atoms with Crippen molar-refractivity contribution in [2.45, 2.75) is 50.9 Å². The van der Waals surface area contributed by atoms with E-state index in [-0.39, 0.29) is 34.5 Å². The SMILES string of the molecule is COc1nc(-c2cc(F)cc(-c3cccc(-c4ccn5c(=O)c(CNC[C@@H]6CCC(=O)N6)cnc5c4)c3Cl)c2Cl)ccc1CNC[C@@H]1CCC(=O)N1. The molecule has 2 aliphatic heterocycles. The van der Waals surface area contributed by atoms with Crippen LogP contribution in [0.4, 0.5) is 4.39 Å². The highest BCUT2D eigenvalue weighted by molar-refractivity contribution is 6.39. The molecule has 3 aromatic heterocycles. The van der Waals surface area contributed by atoms with E-state index in [1.807, 2.05) is 18.2 Å². The monoisotopic (exact) mass is 743 g/mol. The van der Waals surface area contributed by atoms with Crippen LogP contribution >= 0.6 is 23.2 Å². The Balaban J connectivity index is 1.12. The van der Waals surface area contributed by atoms with Gasteiger partial charge in [-0.1, -0.05) is 47.5 Å². The standard InChI is InChI=1S/C38H36Cl2FN7O4/c1-52-37-22(16-42-19-25-6-9-33(49)45-25)5-8-31(47-37)30-15-24(41)14-29(36(30)40)28-4-2-3-27(35(28)39)21-11-12-48-32(13-21)44-18-23(38(48)51)17-43-20-26-7-10-34(50)46-26/h2-5,8,11-15,18,25-26,42-43H,6-7,9-10,16-17,19-20H2,1H3,(H,45,49)(H,46,50)/t25-,26-/m0/s1. The van der Waals surface area contributed by atoms with E-state index in [2.05, 4.69) is 31.2 Å². The van der Waals surface area contributed by atoms with E-state index in [0.29, 0.717) is 94.6 Å². The largest absolute Gasteiger partial charge is 0.481 e. The smallest absolute Gasteiger partial charge is 0.262 e. The van der Waals surface area contributed by atoms with Crippen molar-refractivity contribution in [2.75, 3.05) is 20.2 Å². The molecule has 2 aliphatic rings. The number of methoxy groups -OCH3 is 1. The zero-order valence-electron chi connectivity index (χ0n) is 28.3. The van der Waals surface area contributed by atoms with Gasteiger partial charge in [0.15, 0.2) is 0 Å². The number of nitrogens with one attached hydrogen (secondary N) is 4. The van der Waals surface area contributed by atoms with Gasteiger partial charge in [0.1, 0.15) is 11.5 Å². The van der Waals surface area contributed by atoms with E-state index < -0.39 is 5.82 Å². The number of fused-ring (bicyclic) bond motifs is 1. The molecule has 0 aliphatic carbocycles. The van der Waals surface area contributed by atoms with Crippen LogP contribution < -0.4 is 31.6 Å². The van der Waals surface area contributed by atoms with Crippen LogP contribution in [0, 0.1) is 5.82 Å². The van der Waals surface area contributed by atoms with Gasteiger partial charge in [-0.05, 0) is 48.7 Å². The lowest BCUT2D eigenvalue weighted by molar-refractivity contribution is -0.120. The number of pyridine rings is 2. The zero-order chi connectivity index (χ0) is 36.4. The topological polar surface area (TPSA) is 139 Å². The van der Waals surface area contributed by atoms with Gasteiger partial charge in [-0.25, -0.2) is 14.4 Å². The molecule has 5 heterocycles. The number of hydrogen-bond acceptors (Lipinski definition) is 8. The van der Waals surface area contributed by atoms with Crippen LogP contribution in [0.15, 0.2) is 71.8 Å². The Morgan fingerprint density at radius 1 is 0.846 bits per heavy atom. The molecule has 2 fully saturated rings. The number of amides is 2. The highest BCUT2D eigenvalue weighted by Crippen LogP contribution is 2.43. The Labute approximate surface area is 308 Å². The molecule has 5 aromatic rings. The van der Waals surface area contributed by atoms with Gasteiger partial charge in [-0.3, -0.25) is 18.8 Å². The van der Waals surface area contributed by atoms with Crippen molar-refractivity contribution in [1.82, 2.24) is 35.6 Å². The minimum absolute atomic E-state index is 0.0442. The average Bonchev–Trinajstić information content (AvgIpc) is 3.76. The zero-order valence-corrected chi connectivity index (χ0v) is 29.8. The summed E-state index contributed by atoms with van der Waals surface area (Å²) in [4.78, 5) is 45.4. The number of ether oxygens (including phenoxy) is 1. The molecule has 0 saturated carbocycles. The molecular weight excluding hydrogens is 708 g/mol. The van der Waals surface area contributed by atoms with E-state index in [1.165, 1.54) is 23.6 Å². The molecule has 2 saturated heterocycles. The predicted molar refractivity (Wildman–Crippen MR) is 198 cm³/mol. The van der Waals surface area contributed by atoms with Crippen molar-refractivity contribution >= 4 is 40.7 Å². The van der Waals surface area contributed by atoms with Crippen molar-refractivity contribution < 1.29 is 18.7 Å². The summed E-state index contributed by atoms with van der Waals surface area (Å²) < 4.78 is 22.3. The van der Waals surface area contributed by atoms with Crippen molar-refractivity contribution in [3.63, 3.8) is 0 Å². The first-order valence-electron chi connectivity index (χ1n) is 17.0. The van der Waals surface area contributed by atoms with Gasteiger partial charge in [-0.15, -0.1) is 0 Å². The second kappa shape index (κ2) is 15.4. The molecule has 0 spiro atoms. The molecule has 0 unspecified atom stereocenters. The predicted octanol–water partition coefficient (Wildman–Crippen LogP) is 5.28. The summed E-state index contributed by atoms with van der Waals surface area (Å²) in [5, 5.41) is 13.0. The fourth-order valence-electron chi connectivity index (χ4n) is 6.69. The fourth-order valence-corrected chi connectivity index (χ4v) is 7.33. The number of benzene rings is 2. The quantitative estimate of drug-likeness (QED) is 0.136. The summed E-state index contributed by atoms with van der Waals surface area (Å²) in [7, 11) is 1.52. The maximum absolute atomic E-state index is 15.3. The number of halogens is 3. The van der Waals surface area contributed by atoms with Crippen LogP contribution in [0.5, 0.6) is 5.88 Å². The Morgan fingerprint density at radius 3 is 2.17 bits per heavy atom. The van der Waals surface area contributed by atoms with E-state index in [9.17, 15) is 14.4 Å². The van der Waals surface area contributed by atoms with Crippen LogP contribution in [0.2, 0.25) is 10.0 Å². The molecule has 2 atom stereocenters. The van der Waals surface area contributed by atoms with Crippen LogP contribution in [0.25, 0.3) is 39.2 Å². The van der Waals surface area contributed by atoms with Crippen LogP contribution in [-0.2, 0) is 22.7 Å². The molecule has 2 aromatic carbocycles. The molecule has 268 valence electrons. The average molecular weight is 745 g/mol. The lowest BCUT2D eigenvalue weighted by Crippen LogP contribution is -2.36. The van der Waals surface area contributed by atoms with Crippen molar-refractivity contribution in [2.24, 2.45) is 0 Å². The Bertz CT molecular complexity index is 2250. The van der Waals surface area contributed by atoms with Gasteiger partial charge in [0.2, 0.25) is 17.7 Å². The summed E-state index contributed by atoms with van der Waals surface area (Å²) in [5.74, 6) is -0.0448. The summed E-state index contributed by atoms with van der Waals surface area (Å²) in [6, 6.07) is 15.4. The Hall–Kier alpha value is -4.88. The molecule has 52 heavy (non-hydrogen) atoms. The first-order valence-corrected chi connectivity index (χ1v) is 17.8. The highest BCUT2D eigenvalue weighted by atomic mass is 35.5. The number of aromatic nitrogens is 3. The first kappa shape index (κ1) is 35.5. The summed E-state index contributed by atoms with van der Waals surface area (Å²) in [6.07, 6.45) is 5.82. The number of rotatable bonds is 12. The normalized spacial score (nSPS) is 17.1. The van der Waals surface area contributed by atoms with Crippen LogP contribution in [-0.4, -0.2) is 58.5 Å². The first-order chi connectivity index (χ1) is 25.2. The lowest BCUT2D eigenvalue weighted by Gasteiger charge is -2.16. The van der Waals surface area contributed by atoms with Crippen LogP contribution in [0.1, 0.15) is 36.8 Å². The maximum atomic E-state index is 15.3. The minimum atomic E-state index is -0.520. The number of nitrogens with zero attached hydrogens (tertiary/aromatic N) is 3. The van der Waals surface area contributed by atoms with E-state index in [1.54, 1.807) is 36.7 Å². The third-order valence-electron chi connectivity index (χ3n) is 9.41. The van der Waals surface area contributed by atoms with E-state index >= 15 is 4.39 Å². The van der Waals surface area contributed by atoms with Crippen molar-refractivity contribution in [3.8, 4) is 39.4 Å². The summed E-state index contributed by atoms with van der Waals surface area (Å²) in [6.45, 7) is 1.97.